The molecule has 0 bridgehead atoms. The van der Waals surface area contributed by atoms with Crippen LogP contribution in [0.5, 0.6) is 5.75 Å². The van der Waals surface area contributed by atoms with Gasteiger partial charge in [0.15, 0.2) is 0 Å². The molecule has 0 radical (unpaired) electrons. The summed E-state index contributed by atoms with van der Waals surface area (Å²) < 4.78 is 0. The Balaban J connectivity index is 1.82. The zero-order valence-corrected chi connectivity index (χ0v) is 13.8. The highest BCUT2D eigenvalue weighted by atomic mass is 16.3. The van der Waals surface area contributed by atoms with Crippen molar-refractivity contribution in [2.75, 3.05) is 0 Å². The number of benzene rings is 1. The van der Waals surface area contributed by atoms with Gasteiger partial charge in [-0.1, -0.05) is 26.8 Å². The van der Waals surface area contributed by atoms with E-state index in [4.69, 9.17) is 0 Å². The summed E-state index contributed by atoms with van der Waals surface area (Å²) in [4.78, 5) is 0. The highest BCUT2D eigenvalue weighted by molar-refractivity contribution is 5.50. The number of aryl methyl sites for hydroxylation is 1. The zero-order valence-electron chi connectivity index (χ0n) is 13.8. The van der Waals surface area contributed by atoms with E-state index in [2.05, 4.69) is 39.1 Å². The Hall–Kier alpha value is -1.02. The molecular formula is C19H29NO. The molecule has 2 aliphatic rings. The molecule has 0 amide bonds. The van der Waals surface area contributed by atoms with Gasteiger partial charge in [0.05, 0.1) is 0 Å². The number of hydrogen-bond donors (Lipinski definition) is 2. The highest BCUT2D eigenvalue weighted by Gasteiger charge is 2.35. The minimum Gasteiger partial charge on any atom is -0.508 e. The predicted octanol–water partition coefficient (Wildman–Crippen LogP) is 4.66. The lowest BCUT2D eigenvalue weighted by Gasteiger charge is -2.35. The number of hydrogen-bond acceptors (Lipinski definition) is 2. The first-order chi connectivity index (χ1) is 9.97. The van der Waals surface area contributed by atoms with Crippen LogP contribution in [0.15, 0.2) is 12.1 Å². The normalized spacial score (nSPS) is 35.7. The van der Waals surface area contributed by atoms with Crippen LogP contribution in [0.1, 0.15) is 75.1 Å². The zero-order chi connectivity index (χ0) is 15.1. The first-order valence-corrected chi connectivity index (χ1v) is 8.55. The maximum absolute atomic E-state index is 10.3. The van der Waals surface area contributed by atoms with Gasteiger partial charge in [-0.2, -0.15) is 0 Å². The Bertz CT molecular complexity index is 525. The summed E-state index contributed by atoms with van der Waals surface area (Å²) in [6, 6.07) is 4.85. The summed E-state index contributed by atoms with van der Waals surface area (Å²) in [6.07, 6.45) is 5.05. The average Bonchev–Trinajstić information content (AvgIpc) is 2.75. The fourth-order valence-electron chi connectivity index (χ4n) is 4.67. The molecule has 0 spiro atoms. The number of rotatable bonds is 2. The Morgan fingerprint density at radius 1 is 1.05 bits per heavy atom. The van der Waals surface area contributed by atoms with Gasteiger partial charge in [0.2, 0.25) is 0 Å². The lowest BCUT2D eigenvalue weighted by Crippen LogP contribution is -2.40. The molecule has 0 aromatic heterocycles. The molecule has 2 aliphatic carbocycles. The van der Waals surface area contributed by atoms with Crippen LogP contribution in [0.25, 0.3) is 0 Å². The van der Waals surface area contributed by atoms with Gasteiger partial charge in [0, 0.05) is 17.6 Å². The summed E-state index contributed by atoms with van der Waals surface area (Å²) >= 11 is 0. The van der Waals surface area contributed by atoms with Crippen LogP contribution in [0.2, 0.25) is 0 Å². The first kappa shape index (κ1) is 14.9. The lowest BCUT2D eigenvalue weighted by molar-refractivity contribution is 0.211. The van der Waals surface area contributed by atoms with Gasteiger partial charge in [-0.15, -0.1) is 0 Å². The van der Waals surface area contributed by atoms with Crippen molar-refractivity contribution in [3.8, 4) is 5.75 Å². The van der Waals surface area contributed by atoms with Gasteiger partial charge in [-0.3, -0.25) is 0 Å². The molecular weight excluding hydrogens is 258 g/mol. The molecule has 5 atom stereocenters. The van der Waals surface area contributed by atoms with E-state index in [1.807, 2.05) is 6.07 Å². The fourth-order valence-corrected chi connectivity index (χ4v) is 4.67. The molecule has 116 valence electrons. The van der Waals surface area contributed by atoms with E-state index in [0.717, 1.165) is 18.3 Å². The number of phenols is 1. The maximum atomic E-state index is 10.3. The Kier molecular flexibility index (Phi) is 4.00. The maximum Gasteiger partial charge on any atom is 0.120 e. The molecule has 2 nitrogen and oxygen atoms in total. The quantitative estimate of drug-likeness (QED) is 0.829. The van der Waals surface area contributed by atoms with Crippen molar-refractivity contribution in [2.24, 2.45) is 11.8 Å². The third kappa shape index (κ3) is 2.70. The van der Waals surface area contributed by atoms with Gasteiger partial charge in [-0.05, 0) is 67.6 Å². The van der Waals surface area contributed by atoms with Crippen molar-refractivity contribution in [2.45, 2.75) is 71.4 Å². The number of aromatic hydroxyl groups is 1. The monoisotopic (exact) mass is 287 g/mol. The van der Waals surface area contributed by atoms with Crippen molar-refractivity contribution in [3.05, 3.63) is 28.8 Å². The summed E-state index contributed by atoms with van der Waals surface area (Å²) in [7, 11) is 0. The van der Waals surface area contributed by atoms with E-state index < -0.39 is 0 Å². The molecule has 0 aliphatic heterocycles. The van der Waals surface area contributed by atoms with Crippen LogP contribution >= 0.6 is 0 Å². The second kappa shape index (κ2) is 5.64. The number of phenolic OH excluding ortho intramolecular Hbond substituents is 1. The molecule has 2 heteroatoms. The van der Waals surface area contributed by atoms with Gasteiger partial charge < -0.3 is 10.4 Å². The third-order valence-electron chi connectivity index (χ3n) is 5.76. The van der Waals surface area contributed by atoms with E-state index in [0.29, 0.717) is 23.8 Å². The smallest absolute Gasteiger partial charge is 0.120 e. The van der Waals surface area contributed by atoms with Crippen molar-refractivity contribution in [1.29, 1.82) is 0 Å². The Morgan fingerprint density at radius 2 is 1.81 bits per heavy atom. The van der Waals surface area contributed by atoms with Crippen molar-refractivity contribution < 1.29 is 5.11 Å². The molecule has 2 N–H and O–H groups in total. The molecule has 1 saturated carbocycles. The van der Waals surface area contributed by atoms with Crippen LogP contribution in [-0.4, -0.2) is 11.1 Å². The van der Waals surface area contributed by atoms with Crippen molar-refractivity contribution in [1.82, 2.24) is 5.32 Å². The average molecular weight is 287 g/mol. The largest absolute Gasteiger partial charge is 0.508 e. The highest BCUT2D eigenvalue weighted by Crippen LogP contribution is 2.46. The van der Waals surface area contributed by atoms with Crippen molar-refractivity contribution >= 4 is 0 Å². The third-order valence-corrected chi connectivity index (χ3v) is 5.76. The Labute approximate surface area is 129 Å². The minimum absolute atomic E-state index is 0.329. The molecule has 1 aromatic rings. The van der Waals surface area contributed by atoms with Gasteiger partial charge >= 0.3 is 0 Å². The van der Waals surface area contributed by atoms with Crippen LogP contribution < -0.4 is 5.32 Å². The lowest BCUT2D eigenvalue weighted by atomic mass is 9.79. The van der Waals surface area contributed by atoms with Crippen LogP contribution in [0, 0.1) is 18.8 Å². The molecule has 0 saturated heterocycles. The molecule has 1 aromatic carbocycles. The van der Waals surface area contributed by atoms with Gasteiger partial charge in [0.25, 0.3) is 0 Å². The summed E-state index contributed by atoms with van der Waals surface area (Å²) in [5, 5.41) is 14.2. The Morgan fingerprint density at radius 3 is 2.52 bits per heavy atom. The minimum atomic E-state index is 0.329. The molecule has 3 rings (SSSR count). The fraction of sp³-hybridized carbons (Fsp3) is 0.684. The second-order valence-corrected chi connectivity index (χ2v) is 7.59. The molecule has 1 fully saturated rings. The number of nitrogens with one attached hydrogen (secondary N) is 1. The molecule has 5 unspecified atom stereocenters. The van der Waals surface area contributed by atoms with E-state index in [-0.39, 0.29) is 0 Å². The van der Waals surface area contributed by atoms with E-state index in [1.165, 1.54) is 36.0 Å². The van der Waals surface area contributed by atoms with Gasteiger partial charge in [-0.25, -0.2) is 0 Å². The predicted molar refractivity (Wildman–Crippen MR) is 87.7 cm³/mol. The van der Waals surface area contributed by atoms with Gasteiger partial charge in [0.1, 0.15) is 5.75 Å². The van der Waals surface area contributed by atoms with Crippen LogP contribution in [0.3, 0.4) is 0 Å². The summed E-state index contributed by atoms with van der Waals surface area (Å²) in [6.45, 7) is 9.21. The standard InChI is InChI=1S/C19H29NO/c1-11-5-7-15(13(3)9-11)20-16-10-14(4)18-12(2)6-8-17(21)19(16)18/h6,8,11,13-16,20-21H,5,7,9-10H2,1-4H3. The SMILES string of the molecule is Cc1ccc(O)c2c1C(C)CC2NC1CCC(C)CC1C. The van der Waals surface area contributed by atoms with Crippen LogP contribution in [0.4, 0.5) is 0 Å². The summed E-state index contributed by atoms with van der Waals surface area (Å²) in [5.41, 5.74) is 3.88. The molecule has 21 heavy (non-hydrogen) atoms. The van der Waals surface area contributed by atoms with Crippen molar-refractivity contribution in [3.63, 3.8) is 0 Å². The first-order valence-electron chi connectivity index (χ1n) is 8.55. The van der Waals surface area contributed by atoms with E-state index in [9.17, 15) is 5.11 Å². The summed E-state index contributed by atoms with van der Waals surface area (Å²) in [5.74, 6) is 2.63. The van der Waals surface area contributed by atoms with E-state index >= 15 is 0 Å². The second-order valence-electron chi connectivity index (χ2n) is 7.59. The molecule has 0 heterocycles. The topological polar surface area (TPSA) is 32.3 Å². The van der Waals surface area contributed by atoms with Crippen LogP contribution in [-0.2, 0) is 0 Å². The number of fused-ring (bicyclic) bond motifs is 1. The van der Waals surface area contributed by atoms with E-state index in [1.54, 1.807) is 0 Å².